The topological polar surface area (TPSA) is 65.4 Å². The van der Waals surface area contributed by atoms with Crippen LogP contribution in [0.25, 0.3) is 15.7 Å². The lowest BCUT2D eigenvalue weighted by atomic mass is 10.1. The van der Waals surface area contributed by atoms with Crippen LogP contribution in [0.3, 0.4) is 0 Å². The summed E-state index contributed by atoms with van der Waals surface area (Å²) in [7, 11) is 0. The van der Waals surface area contributed by atoms with E-state index in [-0.39, 0.29) is 12.0 Å². The normalized spacial score (nSPS) is 16.2. The maximum Gasteiger partial charge on any atom is 0.120 e. The molecule has 7 heteroatoms. The molecule has 0 fully saturated rings. The van der Waals surface area contributed by atoms with E-state index in [0.717, 1.165) is 25.1 Å². The molecule has 0 radical (unpaired) electrons. The van der Waals surface area contributed by atoms with Crippen LogP contribution in [0.15, 0.2) is 66.7 Å². The van der Waals surface area contributed by atoms with E-state index in [2.05, 4.69) is 41.3 Å². The van der Waals surface area contributed by atoms with Gasteiger partial charge in [-0.2, -0.15) is 0 Å². The van der Waals surface area contributed by atoms with Crippen molar-refractivity contribution in [2.75, 3.05) is 26.2 Å². The molecule has 6 nitrogen and oxygen atoms in total. The van der Waals surface area contributed by atoms with Crippen LogP contribution in [0.4, 0.5) is 0 Å². The van der Waals surface area contributed by atoms with Crippen molar-refractivity contribution in [2.45, 2.75) is 19.1 Å². The maximum absolute atomic E-state index is 9.11. The number of fused-ring (bicyclic) bond motifs is 1. The zero-order valence-electron chi connectivity index (χ0n) is 16.7. The van der Waals surface area contributed by atoms with Crippen LogP contribution < -0.4 is 0 Å². The molecule has 0 spiro atoms. The molecule has 1 aromatic heterocycles. The van der Waals surface area contributed by atoms with Gasteiger partial charge >= 0.3 is 0 Å². The zero-order chi connectivity index (χ0) is 20.8. The van der Waals surface area contributed by atoms with Gasteiger partial charge in [-0.25, -0.2) is 4.84 Å². The fourth-order valence-corrected chi connectivity index (χ4v) is 4.79. The van der Waals surface area contributed by atoms with E-state index < -0.39 is 6.10 Å². The molecule has 2 aromatic carbocycles. The summed E-state index contributed by atoms with van der Waals surface area (Å²) in [6.07, 6.45) is 2.72. The zero-order valence-corrected chi connectivity index (χ0v) is 17.5. The first-order valence-electron chi connectivity index (χ1n) is 10.0. The number of benzene rings is 2. The van der Waals surface area contributed by atoms with Crippen molar-refractivity contribution in [2.24, 2.45) is 0 Å². The molecule has 30 heavy (non-hydrogen) atoms. The first-order chi connectivity index (χ1) is 14.7. The van der Waals surface area contributed by atoms with E-state index in [9.17, 15) is 0 Å². The molecular weight excluding hydrogens is 400 g/mol. The van der Waals surface area contributed by atoms with Gasteiger partial charge in [0.2, 0.25) is 0 Å². The van der Waals surface area contributed by atoms with Crippen LogP contribution in [0.1, 0.15) is 16.9 Å². The van der Waals surface area contributed by atoms with Gasteiger partial charge in [-0.1, -0.05) is 54.6 Å². The average molecular weight is 427 g/mol. The number of rotatable bonds is 9. The van der Waals surface area contributed by atoms with Crippen molar-refractivity contribution in [3.63, 3.8) is 0 Å². The molecule has 0 aliphatic carbocycles. The second kappa shape index (κ2) is 10.3. The molecule has 1 aliphatic heterocycles. The van der Waals surface area contributed by atoms with Crippen LogP contribution in [-0.4, -0.2) is 53.0 Å². The highest BCUT2D eigenvalue weighted by Crippen LogP contribution is 2.33. The first-order valence-corrected chi connectivity index (χ1v) is 10.9. The average Bonchev–Trinajstić information content (AvgIpc) is 3.19. The van der Waals surface area contributed by atoms with E-state index >= 15 is 0 Å². The molecule has 1 aliphatic rings. The van der Waals surface area contributed by atoms with Crippen LogP contribution in [0.2, 0.25) is 0 Å². The van der Waals surface area contributed by atoms with E-state index in [1.165, 1.54) is 20.5 Å². The van der Waals surface area contributed by atoms with Crippen molar-refractivity contribution in [1.82, 2.24) is 10.3 Å². The highest BCUT2D eigenvalue weighted by molar-refractivity contribution is 7.20. The Morgan fingerprint density at radius 3 is 2.60 bits per heavy atom. The summed E-state index contributed by atoms with van der Waals surface area (Å²) in [5.74, 6) is 0. The molecule has 0 bridgehead atoms. The van der Waals surface area contributed by atoms with Crippen LogP contribution in [0.5, 0.6) is 0 Å². The minimum atomic E-state index is -0.483. The van der Waals surface area contributed by atoms with Gasteiger partial charge in [0, 0.05) is 29.2 Å². The van der Waals surface area contributed by atoms with Gasteiger partial charge in [0.1, 0.15) is 6.10 Å². The van der Waals surface area contributed by atoms with E-state index in [0.29, 0.717) is 13.2 Å². The summed E-state index contributed by atoms with van der Waals surface area (Å²) in [6, 6.07) is 20.6. The lowest BCUT2D eigenvalue weighted by Gasteiger charge is -2.29. The predicted molar refractivity (Wildman–Crippen MR) is 117 cm³/mol. The maximum atomic E-state index is 9.11. The highest BCUT2D eigenvalue weighted by atomic mass is 32.1. The SMILES string of the molecule is ON(O)O[C@H](COCc1ccccc1)CN1CC=C(c2cc3ccccc3s2)CC1. The largest absolute Gasteiger partial charge is 0.374 e. The summed E-state index contributed by atoms with van der Waals surface area (Å²) >= 11 is 1.83. The Morgan fingerprint density at radius 2 is 1.87 bits per heavy atom. The summed E-state index contributed by atoms with van der Waals surface area (Å²) in [4.78, 5) is 8.66. The highest BCUT2D eigenvalue weighted by Gasteiger charge is 2.21. The Balaban J connectivity index is 1.32. The Bertz CT molecular complexity index is 941. The van der Waals surface area contributed by atoms with Gasteiger partial charge in [-0.15, -0.1) is 11.3 Å². The Hall–Kier alpha value is -2.10. The van der Waals surface area contributed by atoms with Gasteiger partial charge < -0.3 is 4.74 Å². The minimum absolute atomic E-state index is 0.223. The van der Waals surface area contributed by atoms with Gasteiger partial charge in [0.05, 0.1) is 18.6 Å². The van der Waals surface area contributed by atoms with Gasteiger partial charge in [-0.3, -0.25) is 15.3 Å². The number of hydrogen-bond donors (Lipinski definition) is 2. The van der Waals surface area contributed by atoms with Crippen LogP contribution >= 0.6 is 11.3 Å². The molecule has 1 atom stereocenters. The smallest absolute Gasteiger partial charge is 0.120 e. The molecule has 0 amide bonds. The summed E-state index contributed by atoms with van der Waals surface area (Å²) in [5.41, 5.74) is 2.44. The molecule has 4 rings (SSSR count). The van der Waals surface area contributed by atoms with Crippen molar-refractivity contribution in [1.29, 1.82) is 0 Å². The monoisotopic (exact) mass is 426 g/mol. The van der Waals surface area contributed by atoms with Gasteiger partial charge in [0.25, 0.3) is 0 Å². The second-order valence-corrected chi connectivity index (χ2v) is 8.45. The first kappa shape index (κ1) is 21.1. The van der Waals surface area contributed by atoms with Crippen molar-refractivity contribution >= 4 is 27.0 Å². The number of nitrogens with zero attached hydrogens (tertiary/aromatic N) is 2. The lowest BCUT2D eigenvalue weighted by molar-refractivity contribution is -0.506. The van der Waals surface area contributed by atoms with E-state index in [1.54, 1.807) is 0 Å². The Kier molecular flexibility index (Phi) is 7.24. The van der Waals surface area contributed by atoms with Crippen molar-refractivity contribution in [3.8, 4) is 0 Å². The molecular formula is C23H26N2O4S. The quantitative estimate of drug-likeness (QED) is 0.488. The summed E-state index contributed by atoms with van der Waals surface area (Å²) in [5, 5.41) is 19.3. The molecule has 0 unspecified atom stereocenters. The number of hydrogen-bond acceptors (Lipinski definition) is 7. The molecule has 2 heterocycles. The summed E-state index contributed by atoms with van der Waals surface area (Å²) in [6.45, 7) is 2.93. The molecule has 0 saturated heterocycles. The molecule has 3 aromatic rings. The van der Waals surface area contributed by atoms with E-state index in [1.807, 2.05) is 41.7 Å². The van der Waals surface area contributed by atoms with Gasteiger partial charge in [-0.05, 0) is 35.1 Å². The van der Waals surface area contributed by atoms with Crippen LogP contribution in [0, 0.1) is 0 Å². The fourth-order valence-electron chi connectivity index (χ4n) is 3.66. The third-order valence-electron chi connectivity index (χ3n) is 5.16. The molecule has 158 valence electrons. The summed E-state index contributed by atoms with van der Waals surface area (Å²) < 4.78 is 7.05. The fraction of sp³-hybridized carbons (Fsp3) is 0.304. The van der Waals surface area contributed by atoms with Crippen molar-refractivity contribution in [3.05, 3.63) is 77.2 Å². The molecule has 2 N–H and O–H groups in total. The van der Waals surface area contributed by atoms with Crippen molar-refractivity contribution < 1.29 is 20.0 Å². The third-order valence-corrected chi connectivity index (χ3v) is 6.35. The third kappa shape index (κ3) is 5.74. The van der Waals surface area contributed by atoms with Crippen LogP contribution in [-0.2, 0) is 16.2 Å². The van der Waals surface area contributed by atoms with E-state index in [4.69, 9.17) is 20.0 Å². The Morgan fingerprint density at radius 1 is 1.07 bits per heavy atom. The number of thiophene rings is 1. The number of ether oxygens (including phenoxy) is 1. The van der Waals surface area contributed by atoms with Gasteiger partial charge in [0.15, 0.2) is 0 Å². The Labute approximate surface area is 180 Å². The lowest BCUT2D eigenvalue weighted by Crippen LogP contribution is -2.41. The second-order valence-electron chi connectivity index (χ2n) is 7.37. The molecule has 0 saturated carbocycles. The standard InChI is InChI=1S/C23H26N2O4S/c26-25(27)29-21(17-28-16-18-6-2-1-3-7-18)15-24-12-10-19(11-13-24)23-14-20-8-4-5-9-22(20)30-23/h1-10,14,21,26-27H,11-13,15-17H2/t21-/m0/s1. The predicted octanol–water partition coefficient (Wildman–Crippen LogP) is 4.59. The minimum Gasteiger partial charge on any atom is -0.374 e.